The van der Waals surface area contributed by atoms with Crippen LogP contribution in [0.4, 0.5) is 18.3 Å². The standard InChI is InChI=1S/C16H18F3N3O2S/c1-9-7-12(10(2)24-9)14(23)21-11-3-5-22(6-4-11)15-20-8-13(25-15)16(17,18)19/h7-8,11H,3-6H2,1-2H3,(H,21,23). The Bertz CT molecular complexity index is 761. The summed E-state index contributed by atoms with van der Waals surface area (Å²) in [5.41, 5.74) is 0.523. The maximum Gasteiger partial charge on any atom is 0.427 e. The van der Waals surface area contributed by atoms with Crippen molar-refractivity contribution in [3.8, 4) is 0 Å². The topological polar surface area (TPSA) is 58.4 Å². The van der Waals surface area contributed by atoms with Crippen molar-refractivity contribution in [2.75, 3.05) is 18.0 Å². The van der Waals surface area contributed by atoms with Gasteiger partial charge in [-0.3, -0.25) is 4.79 Å². The number of aromatic nitrogens is 1. The number of nitrogens with zero attached hydrogens (tertiary/aromatic N) is 2. The fourth-order valence-corrected chi connectivity index (χ4v) is 3.71. The molecule has 0 saturated carbocycles. The number of hydrogen-bond donors (Lipinski definition) is 1. The third kappa shape index (κ3) is 3.97. The molecule has 5 nitrogen and oxygen atoms in total. The number of halogens is 3. The van der Waals surface area contributed by atoms with Crippen molar-refractivity contribution in [3.05, 3.63) is 34.2 Å². The Labute approximate surface area is 146 Å². The quantitative estimate of drug-likeness (QED) is 0.890. The Hall–Kier alpha value is -2.03. The zero-order chi connectivity index (χ0) is 18.2. The Morgan fingerprint density at radius 1 is 1.36 bits per heavy atom. The maximum atomic E-state index is 12.7. The first kappa shape index (κ1) is 17.8. The van der Waals surface area contributed by atoms with Gasteiger partial charge in [0.05, 0.1) is 11.8 Å². The van der Waals surface area contributed by atoms with Crippen LogP contribution < -0.4 is 10.2 Å². The van der Waals surface area contributed by atoms with Gasteiger partial charge in [0.15, 0.2) is 5.13 Å². The second-order valence-corrected chi connectivity index (χ2v) is 7.08. The molecular formula is C16H18F3N3O2S. The lowest BCUT2D eigenvalue weighted by Gasteiger charge is -2.32. The predicted molar refractivity (Wildman–Crippen MR) is 88.0 cm³/mol. The minimum Gasteiger partial charge on any atom is -0.466 e. The van der Waals surface area contributed by atoms with E-state index in [4.69, 9.17) is 4.42 Å². The molecule has 2 aromatic rings. The fraction of sp³-hybridized carbons (Fsp3) is 0.500. The van der Waals surface area contributed by atoms with E-state index < -0.39 is 11.1 Å². The first-order valence-corrected chi connectivity index (χ1v) is 8.71. The lowest BCUT2D eigenvalue weighted by molar-refractivity contribution is -0.134. The first-order valence-electron chi connectivity index (χ1n) is 7.90. The number of hydrogen-bond acceptors (Lipinski definition) is 5. The van der Waals surface area contributed by atoms with Gasteiger partial charge >= 0.3 is 6.18 Å². The highest BCUT2D eigenvalue weighted by atomic mass is 32.1. The smallest absolute Gasteiger partial charge is 0.427 e. The molecule has 1 fully saturated rings. The zero-order valence-corrected chi connectivity index (χ0v) is 14.6. The number of amides is 1. The summed E-state index contributed by atoms with van der Waals surface area (Å²) >= 11 is 0.653. The van der Waals surface area contributed by atoms with Gasteiger partial charge in [-0.1, -0.05) is 11.3 Å². The van der Waals surface area contributed by atoms with Crippen LogP contribution in [0.25, 0.3) is 0 Å². The van der Waals surface area contributed by atoms with E-state index in [9.17, 15) is 18.0 Å². The van der Waals surface area contributed by atoms with Crippen molar-refractivity contribution >= 4 is 22.4 Å². The third-order valence-corrected chi connectivity index (χ3v) is 5.26. The number of anilines is 1. The Balaban J connectivity index is 1.56. The Kier molecular flexibility index (Phi) is 4.77. The van der Waals surface area contributed by atoms with E-state index >= 15 is 0 Å². The van der Waals surface area contributed by atoms with Gasteiger partial charge in [0.1, 0.15) is 16.4 Å². The molecule has 9 heteroatoms. The number of thiazole rings is 1. The van der Waals surface area contributed by atoms with Gasteiger partial charge in [0.2, 0.25) is 0 Å². The number of carbonyl (C=O) groups excluding carboxylic acids is 1. The number of aryl methyl sites for hydroxylation is 2. The normalized spacial score (nSPS) is 16.3. The van der Waals surface area contributed by atoms with Crippen molar-refractivity contribution in [1.82, 2.24) is 10.3 Å². The van der Waals surface area contributed by atoms with Gasteiger partial charge < -0.3 is 14.6 Å². The number of furan rings is 1. The molecule has 1 saturated heterocycles. The lowest BCUT2D eigenvalue weighted by Crippen LogP contribution is -2.44. The predicted octanol–water partition coefficient (Wildman–Crippen LogP) is 3.77. The molecule has 136 valence electrons. The van der Waals surface area contributed by atoms with E-state index in [1.165, 1.54) is 0 Å². The van der Waals surface area contributed by atoms with Crippen LogP contribution in [-0.2, 0) is 6.18 Å². The molecule has 1 N–H and O–H groups in total. The molecular weight excluding hydrogens is 355 g/mol. The van der Waals surface area contributed by atoms with Crippen LogP contribution in [0.15, 0.2) is 16.7 Å². The summed E-state index contributed by atoms with van der Waals surface area (Å²) in [5, 5.41) is 3.34. The van der Waals surface area contributed by atoms with Gasteiger partial charge in [-0.2, -0.15) is 13.2 Å². The minimum atomic E-state index is -4.36. The second kappa shape index (κ2) is 6.70. The van der Waals surface area contributed by atoms with Gasteiger partial charge in [-0.15, -0.1) is 0 Å². The van der Waals surface area contributed by atoms with Gasteiger partial charge in [-0.25, -0.2) is 4.98 Å². The molecule has 0 atom stereocenters. The van der Waals surface area contributed by atoms with E-state index in [0.717, 1.165) is 6.20 Å². The Morgan fingerprint density at radius 2 is 2.04 bits per heavy atom. The third-order valence-electron chi connectivity index (χ3n) is 4.16. The SMILES string of the molecule is Cc1cc(C(=O)NC2CCN(c3ncc(C(F)(F)F)s3)CC2)c(C)o1. The number of piperidine rings is 1. The van der Waals surface area contributed by atoms with E-state index in [2.05, 4.69) is 10.3 Å². The van der Waals surface area contributed by atoms with Crippen molar-refractivity contribution in [2.45, 2.75) is 38.9 Å². The minimum absolute atomic E-state index is 0.0135. The molecule has 0 aromatic carbocycles. The monoisotopic (exact) mass is 373 g/mol. The van der Waals surface area contributed by atoms with Crippen LogP contribution in [0.2, 0.25) is 0 Å². The summed E-state index contributed by atoms with van der Waals surface area (Å²) in [4.78, 5) is 17.3. The van der Waals surface area contributed by atoms with Crippen LogP contribution >= 0.6 is 11.3 Å². The molecule has 2 aromatic heterocycles. The highest BCUT2D eigenvalue weighted by molar-refractivity contribution is 7.15. The summed E-state index contributed by atoms with van der Waals surface area (Å²) in [6.45, 7) is 4.63. The van der Waals surface area contributed by atoms with Crippen LogP contribution in [0.3, 0.4) is 0 Å². The second-order valence-electron chi connectivity index (χ2n) is 6.07. The van der Waals surface area contributed by atoms with Crippen molar-refractivity contribution in [3.63, 3.8) is 0 Å². The number of rotatable bonds is 3. The summed E-state index contributed by atoms with van der Waals surface area (Å²) in [6.07, 6.45) is -2.17. The van der Waals surface area contributed by atoms with Crippen LogP contribution in [-0.4, -0.2) is 30.0 Å². The Morgan fingerprint density at radius 3 is 2.56 bits per heavy atom. The van der Waals surface area contributed by atoms with Crippen molar-refractivity contribution in [1.29, 1.82) is 0 Å². The largest absolute Gasteiger partial charge is 0.466 e. The molecule has 0 aliphatic carbocycles. The molecule has 1 aliphatic heterocycles. The first-order chi connectivity index (χ1) is 11.7. The molecule has 0 spiro atoms. The van der Waals surface area contributed by atoms with Crippen LogP contribution in [0, 0.1) is 13.8 Å². The molecule has 3 rings (SSSR count). The van der Waals surface area contributed by atoms with E-state index in [0.29, 0.717) is 59.5 Å². The van der Waals surface area contributed by atoms with E-state index in [1.807, 2.05) is 4.90 Å². The summed E-state index contributed by atoms with van der Waals surface area (Å²) in [6, 6.07) is 1.69. The highest BCUT2D eigenvalue weighted by Crippen LogP contribution is 2.36. The van der Waals surface area contributed by atoms with E-state index in [1.54, 1.807) is 19.9 Å². The van der Waals surface area contributed by atoms with Crippen LogP contribution in [0.5, 0.6) is 0 Å². The molecule has 1 amide bonds. The van der Waals surface area contributed by atoms with Crippen molar-refractivity contribution in [2.24, 2.45) is 0 Å². The van der Waals surface area contributed by atoms with E-state index in [-0.39, 0.29) is 11.9 Å². The molecule has 25 heavy (non-hydrogen) atoms. The fourth-order valence-electron chi connectivity index (χ4n) is 2.88. The summed E-state index contributed by atoms with van der Waals surface area (Å²) in [7, 11) is 0. The van der Waals surface area contributed by atoms with Gasteiger partial charge in [0, 0.05) is 19.1 Å². The molecule has 0 unspecified atom stereocenters. The molecule has 0 radical (unpaired) electrons. The molecule has 3 heterocycles. The van der Waals surface area contributed by atoms with Gasteiger partial charge in [0.25, 0.3) is 5.91 Å². The lowest BCUT2D eigenvalue weighted by atomic mass is 10.0. The summed E-state index contributed by atoms with van der Waals surface area (Å²) in [5.74, 6) is 1.08. The average Bonchev–Trinajstić information content (AvgIpc) is 3.14. The molecule has 1 aliphatic rings. The highest BCUT2D eigenvalue weighted by Gasteiger charge is 2.34. The molecule has 0 bridgehead atoms. The summed E-state index contributed by atoms with van der Waals surface area (Å²) < 4.78 is 43.4. The zero-order valence-electron chi connectivity index (χ0n) is 13.8. The van der Waals surface area contributed by atoms with Crippen LogP contribution in [0.1, 0.15) is 39.6 Å². The number of nitrogens with one attached hydrogen (secondary N) is 1. The van der Waals surface area contributed by atoms with Crippen molar-refractivity contribution < 1.29 is 22.4 Å². The number of carbonyl (C=O) groups is 1. The average molecular weight is 373 g/mol. The number of alkyl halides is 3. The van der Waals surface area contributed by atoms with Gasteiger partial charge in [-0.05, 0) is 32.8 Å². The maximum absolute atomic E-state index is 12.7.